The van der Waals surface area contributed by atoms with Gasteiger partial charge < -0.3 is 9.84 Å². The fourth-order valence-electron chi connectivity index (χ4n) is 2.12. The van der Waals surface area contributed by atoms with E-state index in [1.165, 1.54) is 0 Å². The van der Waals surface area contributed by atoms with E-state index in [4.69, 9.17) is 4.74 Å². The molecule has 3 heteroatoms. The molecule has 0 bridgehead atoms. The molecule has 0 aromatic carbocycles. The molecule has 3 nitrogen and oxygen atoms in total. The van der Waals surface area contributed by atoms with Gasteiger partial charge in [0.1, 0.15) is 0 Å². The minimum atomic E-state index is -0.392. The van der Waals surface area contributed by atoms with Gasteiger partial charge in [-0.15, -0.1) is 0 Å². The molecule has 1 aliphatic carbocycles. The van der Waals surface area contributed by atoms with Gasteiger partial charge in [0, 0.05) is 24.7 Å². The first kappa shape index (κ1) is 13.4. The average molecular weight is 225 g/mol. The molecule has 0 aromatic heterocycles. The van der Waals surface area contributed by atoms with Gasteiger partial charge in [0.25, 0.3) is 0 Å². The summed E-state index contributed by atoms with van der Waals surface area (Å²) in [6.45, 7) is 6.86. The van der Waals surface area contributed by atoms with Crippen LogP contribution in [0.5, 0.6) is 0 Å². The van der Waals surface area contributed by atoms with Crippen molar-refractivity contribution < 1.29 is 9.84 Å². The Hall–Kier alpha value is -0.670. The Balaban J connectivity index is 2.84. The Kier molecular flexibility index (Phi) is 5.16. The number of ether oxygens (including phenoxy) is 1. The molecular weight excluding hydrogens is 202 g/mol. The molecule has 1 aliphatic rings. The van der Waals surface area contributed by atoms with Crippen LogP contribution in [-0.4, -0.2) is 36.7 Å². The van der Waals surface area contributed by atoms with E-state index >= 15 is 0 Å². The first-order chi connectivity index (χ1) is 7.60. The number of aliphatic hydroxyl groups is 1. The molecule has 92 valence electrons. The SMILES string of the molecule is CCC1C=CC(O)C(C)C1=NC(C)COC. The molecule has 0 spiro atoms. The molecule has 1 N–H and O–H groups in total. The number of hydrogen-bond donors (Lipinski definition) is 1. The summed E-state index contributed by atoms with van der Waals surface area (Å²) in [6.07, 6.45) is 4.60. The molecule has 0 saturated carbocycles. The van der Waals surface area contributed by atoms with E-state index < -0.39 is 6.10 Å². The minimum Gasteiger partial charge on any atom is -0.388 e. The maximum atomic E-state index is 9.81. The standard InChI is InChI=1S/C13H23NO2/c1-5-11-6-7-12(15)10(3)13(11)14-9(2)8-16-4/h6-7,9-12,15H,5,8H2,1-4H3. The van der Waals surface area contributed by atoms with Gasteiger partial charge in [-0.05, 0) is 13.3 Å². The van der Waals surface area contributed by atoms with Crippen molar-refractivity contribution in [3.05, 3.63) is 12.2 Å². The molecule has 0 aliphatic heterocycles. The lowest BCUT2D eigenvalue weighted by molar-refractivity contribution is 0.179. The number of nitrogens with zero attached hydrogens (tertiary/aromatic N) is 1. The van der Waals surface area contributed by atoms with Crippen LogP contribution in [0, 0.1) is 11.8 Å². The number of allylic oxidation sites excluding steroid dienone is 1. The van der Waals surface area contributed by atoms with Crippen molar-refractivity contribution >= 4 is 5.71 Å². The lowest BCUT2D eigenvalue weighted by atomic mass is 9.82. The van der Waals surface area contributed by atoms with Gasteiger partial charge in [0.05, 0.1) is 18.8 Å². The highest BCUT2D eigenvalue weighted by atomic mass is 16.5. The van der Waals surface area contributed by atoms with E-state index in [1.54, 1.807) is 7.11 Å². The Morgan fingerprint density at radius 3 is 2.75 bits per heavy atom. The number of hydrogen-bond acceptors (Lipinski definition) is 3. The van der Waals surface area contributed by atoms with Crippen molar-refractivity contribution in [2.45, 2.75) is 39.3 Å². The summed E-state index contributed by atoms with van der Waals surface area (Å²) < 4.78 is 5.09. The Morgan fingerprint density at radius 2 is 2.19 bits per heavy atom. The number of aliphatic imine (C=N–C) groups is 1. The second-order valence-electron chi connectivity index (χ2n) is 4.54. The van der Waals surface area contributed by atoms with Crippen LogP contribution >= 0.6 is 0 Å². The van der Waals surface area contributed by atoms with Gasteiger partial charge in [-0.1, -0.05) is 26.0 Å². The van der Waals surface area contributed by atoms with Crippen LogP contribution in [-0.2, 0) is 4.74 Å². The summed E-state index contributed by atoms with van der Waals surface area (Å²) in [5.74, 6) is 0.493. The zero-order valence-electron chi connectivity index (χ0n) is 10.7. The number of aliphatic hydroxyl groups excluding tert-OH is 1. The zero-order valence-corrected chi connectivity index (χ0v) is 10.7. The monoisotopic (exact) mass is 225 g/mol. The molecule has 0 fully saturated rings. The van der Waals surface area contributed by atoms with E-state index in [9.17, 15) is 5.11 Å². The molecule has 1 rings (SSSR count). The molecule has 0 amide bonds. The highest BCUT2D eigenvalue weighted by molar-refractivity contribution is 5.92. The summed E-state index contributed by atoms with van der Waals surface area (Å²) in [5.41, 5.74) is 1.11. The third kappa shape index (κ3) is 3.16. The van der Waals surface area contributed by atoms with E-state index in [-0.39, 0.29) is 12.0 Å². The van der Waals surface area contributed by atoms with Crippen LogP contribution in [0.2, 0.25) is 0 Å². The number of rotatable bonds is 4. The van der Waals surface area contributed by atoms with Crippen molar-refractivity contribution in [1.29, 1.82) is 0 Å². The van der Waals surface area contributed by atoms with Crippen LogP contribution < -0.4 is 0 Å². The summed E-state index contributed by atoms with van der Waals surface area (Å²) in [5, 5.41) is 9.81. The third-order valence-electron chi connectivity index (χ3n) is 3.12. The van der Waals surface area contributed by atoms with Gasteiger partial charge in [-0.2, -0.15) is 0 Å². The summed E-state index contributed by atoms with van der Waals surface area (Å²) in [7, 11) is 1.69. The molecule has 0 aromatic rings. The topological polar surface area (TPSA) is 41.8 Å². The largest absolute Gasteiger partial charge is 0.388 e. The molecule has 0 radical (unpaired) electrons. The second kappa shape index (κ2) is 6.16. The predicted molar refractivity (Wildman–Crippen MR) is 66.9 cm³/mol. The van der Waals surface area contributed by atoms with Gasteiger partial charge in [-0.25, -0.2) is 0 Å². The first-order valence-corrected chi connectivity index (χ1v) is 6.03. The molecule has 16 heavy (non-hydrogen) atoms. The van der Waals surface area contributed by atoms with Gasteiger partial charge in [0.15, 0.2) is 0 Å². The maximum absolute atomic E-state index is 9.81. The van der Waals surface area contributed by atoms with Crippen LogP contribution in [0.1, 0.15) is 27.2 Å². The van der Waals surface area contributed by atoms with Crippen LogP contribution in [0.4, 0.5) is 0 Å². The van der Waals surface area contributed by atoms with Crippen LogP contribution in [0.25, 0.3) is 0 Å². The van der Waals surface area contributed by atoms with Crippen molar-refractivity contribution in [3.63, 3.8) is 0 Å². The summed E-state index contributed by atoms with van der Waals surface area (Å²) in [4.78, 5) is 4.69. The summed E-state index contributed by atoms with van der Waals surface area (Å²) >= 11 is 0. The quantitative estimate of drug-likeness (QED) is 0.744. The normalized spacial score (nSPS) is 34.3. The Bertz CT molecular complexity index is 273. The van der Waals surface area contributed by atoms with E-state index in [2.05, 4.69) is 18.0 Å². The van der Waals surface area contributed by atoms with Gasteiger partial charge >= 0.3 is 0 Å². The number of methoxy groups -OCH3 is 1. The molecule has 4 atom stereocenters. The molecule has 4 unspecified atom stereocenters. The first-order valence-electron chi connectivity index (χ1n) is 6.03. The fourth-order valence-corrected chi connectivity index (χ4v) is 2.12. The maximum Gasteiger partial charge on any atom is 0.0798 e. The van der Waals surface area contributed by atoms with E-state index in [0.29, 0.717) is 12.5 Å². The predicted octanol–water partition coefficient (Wildman–Crippen LogP) is 2.06. The van der Waals surface area contributed by atoms with E-state index in [1.807, 2.05) is 19.9 Å². The van der Waals surface area contributed by atoms with E-state index in [0.717, 1.165) is 12.1 Å². The van der Waals surface area contributed by atoms with Crippen LogP contribution in [0.3, 0.4) is 0 Å². The molecule has 0 saturated heterocycles. The Labute approximate surface area is 98.2 Å². The molecule has 0 heterocycles. The molecular formula is C13H23NO2. The van der Waals surface area contributed by atoms with Crippen molar-refractivity contribution in [1.82, 2.24) is 0 Å². The van der Waals surface area contributed by atoms with Gasteiger partial charge in [-0.3, -0.25) is 4.99 Å². The smallest absolute Gasteiger partial charge is 0.0798 e. The minimum absolute atomic E-state index is 0.120. The summed E-state index contributed by atoms with van der Waals surface area (Å²) in [6, 6.07) is 0.162. The van der Waals surface area contributed by atoms with Crippen molar-refractivity contribution in [3.8, 4) is 0 Å². The van der Waals surface area contributed by atoms with Crippen molar-refractivity contribution in [2.24, 2.45) is 16.8 Å². The third-order valence-corrected chi connectivity index (χ3v) is 3.12. The lowest BCUT2D eigenvalue weighted by Gasteiger charge is -2.29. The zero-order chi connectivity index (χ0) is 12.1. The Morgan fingerprint density at radius 1 is 1.50 bits per heavy atom. The highest BCUT2D eigenvalue weighted by Crippen LogP contribution is 2.24. The fraction of sp³-hybridized carbons (Fsp3) is 0.769. The average Bonchev–Trinajstić information content (AvgIpc) is 2.25. The second-order valence-corrected chi connectivity index (χ2v) is 4.54. The highest BCUT2D eigenvalue weighted by Gasteiger charge is 2.27. The lowest BCUT2D eigenvalue weighted by Crippen LogP contribution is -2.34. The van der Waals surface area contributed by atoms with Gasteiger partial charge in [0.2, 0.25) is 0 Å². The van der Waals surface area contributed by atoms with Crippen LogP contribution in [0.15, 0.2) is 17.1 Å². The van der Waals surface area contributed by atoms with Crippen molar-refractivity contribution in [2.75, 3.05) is 13.7 Å².